The Labute approximate surface area is 130 Å². The molecule has 2 aromatic carbocycles. The smallest absolute Gasteiger partial charge is 0.258 e. The average molecular weight is 296 g/mol. The van der Waals surface area contributed by atoms with Gasteiger partial charge < -0.3 is 15.0 Å². The van der Waals surface area contributed by atoms with Gasteiger partial charge in [0.25, 0.3) is 5.91 Å². The Morgan fingerprint density at radius 2 is 1.86 bits per heavy atom. The molecule has 2 aromatic rings. The van der Waals surface area contributed by atoms with Gasteiger partial charge in [0.2, 0.25) is 0 Å². The van der Waals surface area contributed by atoms with Crippen LogP contribution in [-0.2, 0) is 0 Å². The highest BCUT2D eigenvalue weighted by atomic mass is 16.5. The number of rotatable bonds is 3. The summed E-state index contributed by atoms with van der Waals surface area (Å²) in [7, 11) is 1.60. The number of amides is 1. The van der Waals surface area contributed by atoms with Gasteiger partial charge in [-0.25, -0.2) is 0 Å². The molecule has 1 fully saturated rings. The summed E-state index contributed by atoms with van der Waals surface area (Å²) < 4.78 is 5.34. The number of nitrogens with zero attached hydrogens (tertiary/aromatic N) is 1. The minimum Gasteiger partial charge on any atom is -0.496 e. The average Bonchev–Trinajstić information content (AvgIpc) is 2.62. The highest BCUT2D eigenvalue weighted by Gasteiger charge is 2.29. The Balaban J connectivity index is 1.92. The minimum absolute atomic E-state index is 0.0211. The molecule has 1 atom stereocenters. The summed E-state index contributed by atoms with van der Waals surface area (Å²) in [5.41, 5.74) is 1.77. The predicted octanol–water partition coefficient (Wildman–Crippen LogP) is 2.48. The molecule has 1 aliphatic rings. The first-order valence-corrected chi connectivity index (χ1v) is 7.51. The highest BCUT2D eigenvalue weighted by Crippen LogP contribution is 2.27. The Kier molecular flexibility index (Phi) is 4.39. The third-order valence-electron chi connectivity index (χ3n) is 4.03. The lowest BCUT2D eigenvalue weighted by atomic mass is 10.0. The van der Waals surface area contributed by atoms with Gasteiger partial charge in [0.05, 0.1) is 18.7 Å². The van der Waals surface area contributed by atoms with Crippen LogP contribution in [0.2, 0.25) is 0 Å². The van der Waals surface area contributed by atoms with Gasteiger partial charge in [0.15, 0.2) is 0 Å². The third-order valence-corrected chi connectivity index (χ3v) is 4.03. The lowest BCUT2D eigenvalue weighted by Gasteiger charge is -2.36. The van der Waals surface area contributed by atoms with E-state index in [0.717, 1.165) is 18.7 Å². The van der Waals surface area contributed by atoms with Gasteiger partial charge in [-0.1, -0.05) is 42.5 Å². The van der Waals surface area contributed by atoms with E-state index in [9.17, 15) is 4.79 Å². The lowest BCUT2D eigenvalue weighted by Crippen LogP contribution is -2.48. The van der Waals surface area contributed by atoms with Crippen molar-refractivity contribution in [1.29, 1.82) is 0 Å². The molecule has 0 radical (unpaired) electrons. The molecule has 114 valence electrons. The number of methoxy groups -OCH3 is 1. The van der Waals surface area contributed by atoms with Crippen molar-refractivity contribution in [1.82, 2.24) is 10.2 Å². The van der Waals surface area contributed by atoms with Crippen LogP contribution in [-0.4, -0.2) is 37.6 Å². The van der Waals surface area contributed by atoms with Crippen molar-refractivity contribution in [3.63, 3.8) is 0 Å². The van der Waals surface area contributed by atoms with Crippen LogP contribution in [0.5, 0.6) is 5.75 Å². The Morgan fingerprint density at radius 3 is 2.64 bits per heavy atom. The minimum atomic E-state index is 0.0211. The van der Waals surface area contributed by atoms with Crippen LogP contribution in [0, 0.1) is 0 Å². The first-order chi connectivity index (χ1) is 10.8. The maximum absolute atomic E-state index is 13.0. The monoisotopic (exact) mass is 296 g/mol. The molecule has 0 aromatic heterocycles. The molecule has 1 amide bonds. The first-order valence-electron chi connectivity index (χ1n) is 7.51. The fourth-order valence-electron chi connectivity index (χ4n) is 2.90. The Hall–Kier alpha value is -2.33. The van der Waals surface area contributed by atoms with E-state index < -0.39 is 0 Å². The van der Waals surface area contributed by atoms with E-state index in [2.05, 4.69) is 17.4 Å². The molecule has 0 spiro atoms. The van der Waals surface area contributed by atoms with Crippen LogP contribution in [0.15, 0.2) is 54.6 Å². The molecule has 0 aliphatic carbocycles. The molecule has 0 saturated carbocycles. The molecule has 3 rings (SSSR count). The topological polar surface area (TPSA) is 41.6 Å². The highest BCUT2D eigenvalue weighted by molar-refractivity contribution is 5.97. The number of carbonyl (C=O) groups is 1. The molecule has 0 bridgehead atoms. The van der Waals surface area contributed by atoms with Crippen LogP contribution in [0.25, 0.3) is 0 Å². The zero-order valence-corrected chi connectivity index (χ0v) is 12.7. The third kappa shape index (κ3) is 2.83. The van der Waals surface area contributed by atoms with E-state index in [1.165, 1.54) is 0 Å². The molecular formula is C18H20N2O2. The van der Waals surface area contributed by atoms with Crippen molar-refractivity contribution in [3.8, 4) is 5.75 Å². The lowest BCUT2D eigenvalue weighted by molar-refractivity contribution is 0.0631. The Morgan fingerprint density at radius 1 is 1.14 bits per heavy atom. The van der Waals surface area contributed by atoms with Crippen LogP contribution in [0.1, 0.15) is 22.0 Å². The quantitative estimate of drug-likeness (QED) is 0.946. The van der Waals surface area contributed by atoms with E-state index in [4.69, 9.17) is 4.74 Å². The molecule has 0 unspecified atom stereocenters. The molecule has 22 heavy (non-hydrogen) atoms. The molecule has 1 aliphatic heterocycles. The summed E-state index contributed by atoms with van der Waals surface area (Å²) in [6.07, 6.45) is 0. The van der Waals surface area contributed by atoms with Crippen molar-refractivity contribution >= 4 is 5.91 Å². The summed E-state index contributed by atoms with van der Waals surface area (Å²) in [6, 6.07) is 17.6. The number of carbonyl (C=O) groups excluding carboxylic acids is 1. The summed E-state index contributed by atoms with van der Waals surface area (Å²) in [5, 5.41) is 3.37. The molecule has 4 nitrogen and oxygen atoms in total. The standard InChI is InChI=1S/C18H20N2O2/c1-22-17-10-6-5-9-15(17)18(21)20-12-11-19-13-16(20)14-7-3-2-4-8-14/h2-10,16,19H,11-13H2,1H3/t16-/m1/s1. The number of nitrogens with one attached hydrogen (secondary N) is 1. The second-order valence-electron chi connectivity index (χ2n) is 5.33. The number of benzene rings is 2. The molecule has 1 heterocycles. The molecule has 1 saturated heterocycles. The van der Waals surface area contributed by atoms with Crippen LogP contribution in [0.3, 0.4) is 0 Å². The first kappa shape index (κ1) is 14.6. The zero-order valence-electron chi connectivity index (χ0n) is 12.7. The van der Waals surface area contributed by atoms with Crippen LogP contribution in [0.4, 0.5) is 0 Å². The van der Waals surface area contributed by atoms with Gasteiger partial charge in [-0.3, -0.25) is 4.79 Å². The van der Waals surface area contributed by atoms with Crippen molar-refractivity contribution in [2.75, 3.05) is 26.7 Å². The fraction of sp³-hybridized carbons (Fsp3) is 0.278. The zero-order chi connectivity index (χ0) is 15.4. The number of hydrogen-bond donors (Lipinski definition) is 1. The number of hydrogen-bond acceptors (Lipinski definition) is 3. The van der Waals surface area contributed by atoms with Crippen molar-refractivity contribution in [3.05, 3.63) is 65.7 Å². The van der Waals surface area contributed by atoms with E-state index in [0.29, 0.717) is 17.9 Å². The summed E-state index contributed by atoms with van der Waals surface area (Å²) in [6.45, 7) is 2.27. The summed E-state index contributed by atoms with van der Waals surface area (Å²) in [4.78, 5) is 14.9. The second kappa shape index (κ2) is 6.62. The number of piperazine rings is 1. The fourth-order valence-corrected chi connectivity index (χ4v) is 2.90. The maximum atomic E-state index is 13.0. The molecule has 4 heteroatoms. The Bertz CT molecular complexity index is 643. The maximum Gasteiger partial charge on any atom is 0.258 e. The van der Waals surface area contributed by atoms with E-state index in [1.807, 2.05) is 47.4 Å². The second-order valence-corrected chi connectivity index (χ2v) is 5.33. The largest absolute Gasteiger partial charge is 0.496 e. The van der Waals surface area contributed by atoms with Gasteiger partial charge in [0, 0.05) is 19.6 Å². The predicted molar refractivity (Wildman–Crippen MR) is 86.1 cm³/mol. The summed E-state index contributed by atoms with van der Waals surface area (Å²) in [5.74, 6) is 0.644. The van der Waals surface area contributed by atoms with Crippen molar-refractivity contribution in [2.45, 2.75) is 6.04 Å². The van der Waals surface area contributed by atoms with Crippen LogP contribution < -0.4 is 10.1 Å². The van der Waals surface area contributed by atoms with E-state index in [1.54, 1.807) is 7.11 Å². The van der Waals surface area contributed by atoms with Gasteiger partial charge in [-0.05, 0) is 17.7 Å². The molecular weight excluding hydrogens is 276 g/mol. The van der Waals surface area contributed by atoms with E-state index >= 15 is 0 Å². The summed E-state index contributed by atoms with van der Waals surface area (Å²) >= 11 is 0. The molecule has 1 N–H and O–H groups in total. The SMILES string of the molecule is COc1ccccc1C(=O)N1CCNC[C@@H]1c1ccccc1. The number of para-hydroxylation sites is 1. The normalized spacial score (nSPS) is 18.0. The van der Waals surface area contributed by atoms with Gasteiger partial charge in [-0.2, -0.15) is 0 Å². The number of ether oxygens (including phenoxy) is 1. The van der Waals surface area contributed by atoms with Gasteiger partial charge in [-0.15, -0.1) is 0 Å². The van der Waals surface area contributed by atoms with Gasteiger partial charge in [0.1, 0.15) is 5.75 Å². The van der Waals surface area contributed by atoms with E-state index in [-0.39, 0.29) is 11.9 Å². The van der Waals surface area contributed by atoms with Crippen LogP contribution >= 0.6 is 0 Å². The van der Waals surface area contributed by atoms with Gasteiger partial charge >= 0.3 is 0 Å². The van der Waals surface area contributed by atoms with Crippen molar-refractivity contribution in [2.24, 2.45) is 0 Å². The van der Waals surface area contributed by atoms with Crippen molar-refractivity contribution < 1.29 is 9.53 Å².